The van der Waals surface area contributed by atoms with Crippen LogP contribution in [0.3, 0.4) is 0 Å². The summed E-state index contributed by atoms with van der Waals surface area (Å²) in [4.78, 5) is 13.5. The van der Waals surface area contributed by atoms with Crippen molar-refractivity contribution < 1.29 is 4.79 Å². The van der Waals surface area contributed by atoms with Crippen molar-refractivity contribution in [2.45, 2.75) is 59.5 Å². The number of hydrogen-bond acceptors (Lipinski definition) is 2. The van der Waals surface area contributed by atoms with Crippen LogP contribution in [0.2, 0.25) is 0 Å². The predicted octanol–water partition coefficient (Wildman–Crippen LogP) is 4.49. The van der Waals surface area contributed by atoms with E-state index in [9.17, 15) is 4.79 Å². The van der Waals surface area contributed by atoms with Crippen molar-refractivity contribution in [3.63, 3.8) is 0 Å². The van der Waals surface area contributed by atoms with Gasteiger partial charge in [-0.25, -0.2) is 0 Å². The van der Waals surface area contributed by atoms with E-state index in [0.717, 1.165) is 23.6 Å². The Labute approximate surface area is 133 Å². The Kier molecular flexibility index (Phi) is 6.82. The highest BCUT2D eigenvalue weighted by atomic mass is 32.1. The Morgan fingerprint density at radius 2 is 1.62 bits per heavy atom. The van der Waals surface area contributed by atoms with Crippen LogP contribution < -0.4 is 5.32 Å². The van der Waals surface area contributed by atoms with Crippen molar-refractivity contribution >= 4 is 28.8 Å². The van der Waals surface area contributed by atoms with Gasteiger partial charge in [-0.05, 0) is 70.1 Å². The first kappa shape index (κ1) is 17.6. The number of carbonyl (C=O) groups excluding carboxylic acids is 1. The molecule has 1 rings (SSSR count). The molecule has 116 valence electrons. The molecule has 1 aromatic rings. The fraction of sp³-hybridized carbons (Fsp3) is 0.529. The molecule has 0 bridgehead atoms. The van der Waals surface area contributed by atoms with Crippen molar-refractivity contribution in [2.24, 2.45) is 0 Å². The van der Waals surface area contributed by atoms with Gasteiger partial charge in [-0.1, -0.05) is 13.8 Å². The lowest BCUT2D eigenvalue weighted by molar-refractivity contribution is 0.101. The van der Waals surface area contributed by atoms with Gasteiger partial charge < -0.3 is 10.2 Å². The van der Waals surface area contributed by atoms with E-state index in [1.807, 2.05) is 24.3 Å². The molecule has 0 saturated carbocycles. The van der Waals surface area contributed by atoms with E-state index in [1.54, 1.807) is 6.92 Å². The highest BCUT2D eigenvalue weighted by Gasteiger charge is 2.20. The van der Waals surface area contributed by atoms with Crippen LogP contribution in [-0.4, -0.2) is 27.9 Å². The molecule has 0 fully saturated rings. The molecule has 1 aromatic carbocycles. The van der Waals surface area contributed by atoms with Crippen LogP contribution in [0.4, 0.5) is 5.69 Å². The number of ketones is 1. The van der Waals surface area contributed by atoms with Gasteiger partial charge >= 0.3 is 0 Å². The van der Waals surface area contributed by atoms with Crippen molar-refractivity contribution in [3.05, 3.63) is 29.8 Å². The molecule has 0 amide bonds. The Hall–Kier alpha value is -1.42. The van der Waals surface area contributed by atoms with Crippen molar-refractivity contribution in [1.29, 1.82) is 0 Å². The van der Waals surface area contributed by atoms with E-state index >= 15 is 0 Å². The van der Waals surface area contributed by atoms with Crippen LogP contribution >= 0.6 is 12.2 Å². The third kappa shape index (κ3) is 4.81. The highest BCUT2D eigenvalue weighted by molar-refractivity contribution is 7.80. The first-order valence-electron chi connectivity index (χ1n) is 7.61. The lowest BCUT2D eigenvalue weighted by atomic mass is 10.1. The minimum atomic E-state index is 0.0740. The Morgan fingerprint density at radius 1 is 1.14 bits per heavy atom. The molecule has 0 radical (unpaired) electrons. The van der Waals surface area contributed by atoms with Crippen molar-refractivity contribution in [3.8, 4) is 0 Å². The topological polar surface area (TPSA) is 32.3 Å². The molecule has 21 heavy (non-hydrogen) atoms. The SMILES string of the molecule is CCC(C)N(C(=S)Nc1ccc(C(C)=O)cc1)C(C)CC. The number of benzene rings is 1. The summed E-state index contributed by atoms with van der Waals surface area (Å²) in [5.74, 6) is 0.0740. The van der Waals surface area contributed by atoms with E-state index in [1.165, 1.54) is 0 Å². The standard InChI is InChI=1S/C17H26N2OS/c1-6-12(3)19(13(4)7-2)17(21)18-16-10-8-15(9-11-16)14(5)20/h8-13H,6-7H2,1-5H3,(H,18,21). The summed E-state index contributed by atoms with van der Waals surface area (Å²) < 4.78 is 0. The maximum absolute atomic E-state index is 11.3. The zero-order valence-electron chi connectivity index (χ0n) is 13.6. The van der Waals surface area contributed by atoms with Crippen LogP contribution in [-0.2, 0) is 0 Å². The van der Waals surface area contributed by atoms with E-state index in [2.05, 4.69) is 37.9 Å². The van der Waals surface area contributed by atoms with Crippen molar-refractivity contribution in [2.75, 3.05) is 5.32 Å². The maximum Gasteiger partial charge on any atom is 0.173 e. The molecule has 2 unspecified atom stereocenters. The highest BCUT2D eigenvalue weighted by Crippen LogP contribution is 2.16. The second-order valence-electron chi connectivity index (χ2n) is 5.49. The maximum atomic E-state index is 11.3. The lowest BCUT2D eigenvalue weighted by Gasteiger charge is -2.36. The monoisotopic (exact) mass is 306 g/mol. The normalized spacial score (nSPS) is 13.4. The summed E-state index contributed by atoms with van der Waals surface area (Å²) in [6.45, 7) is 10.3. The summed E-state index contributed by atoms with van der Waals surface area (Å²) in [5.41, 5.74) is 1.63. The molecule has 1 N–H and O–H groups in total. The summed E-state index contributed by atoms with van der Waals surface area (Å²) in [6, 6.07) is 8.24. The van der Waals surface area contributed by atoms with E-state index in [-0.39, 0.29) is 5.78 Å². The zero-order valence-corrected chi connectivity index (χ0v) is 14.5. The molecule has 0 spiro atoms. The minimum Gasteiger partial charge on any atom is -0.344 e. The molecule has 3 nitrogen and oxygen atoms in total. The van der Waals surface area contributed by atoms with Gasteiger partial charge in [0.05, 0.1) is 0 Å². The fourth-order valence-corrected chi connectivity index (χ4v) is 2.68. The number of carbonyl (C=O) groups is 1. The second kappa shape index (κ2) is 8.13. The van der Waals surface area contributed by atoms with Gasteiger partial charge in [0.1, 0.15) is 0 Å². The number of rotatable bonds is 6. The van der Waals surface area contributed by atoms with E-state index < -0.39 is 0 Å². The Morgan fingerprint density at radius 3 is 2.00 bits per heavy atom. The van der Waals surface area contributed by atoms with Gasteiger partial charge in [0.25, 0.3) is 0 Å². The van der Waals surface area contributed by atoms with Gasteiger partial charge in [-0.15, -0.1) is 0 Å². The van der Waals surface area contributed by atoms with E-state index in [4.69, 9.17) is 12.2 Å². The van der Waals surface area contributed by atoms with Crippen LogP contribution in [0.15, 0.2) is 24.3 Å². The summed E-state index contributed by atoms with van der Waals surface area (Å²) in [5, 5.41) is 4.03. The molecule has 0 heterocycles. The molecular weight excluding hydrogens is 280 g/mol. The quantitative estimate of drug-likeness (QED) is 0.620. The third-order valence-corrected chi connectivity index (χ3v) is 4.22. The molecule has 4 heteroatoms. The summed E-state index contributed by atoms with van der Waals surface area (Å²) >= 11 is 5.57. The van der Waals surface area contributed by atoms with Gasteiger partial charge in [0.2, 0.25) is 0 Å². The van der Waals surface area contributed by atoms with Crippen LogP contribution in [0, 0.1) is 0 Å². The number of hydrogen-bond donors (Lipinski definition) is 1. The number of thiocarbonyl (C=S) groups is 1. The Balaban J connectivity index is 2.83. The van der Waals surface area contributed by atoms with Crippen LogP contribution in [0.1, 0.15) is 57.8 Å². The first-order valence-corrected chi connectivity index (χ1v) is 8.01. The zero-order chi connectivity index (χ0) is 16.0. The Bertz CT molecular complexity index is 474. The largest absolute Gasteiger partial charge is 0.344 e. The van der Waals surface area contributed by atoms with Gasteiger partial charge in [0.15, 0.2) is 10.9 Å². The molecule has 0 aliphatic rings. The summed E-state index contributed by atoms with van der Waals surface area (Å²) in [7, 11) is 0. The fourth-order valence-electron chi connectivity index (χ4n) is 2.20. The van der Waals surface area contributed by atoms with Gasteiger partial charge in [-0.3, -0.25) is 4.79 Å². The second-order valence-corrected chi connectivity index (χ2v) is 5.87. The average Bonchev–Trinajstić information content (AvgIpc) is 2.47. The molecular formula is C17H26N2OS. The number of nitrogens with one attached hydrogen (secondary N) is 1. The van der Waals surface area contributed by atoms with Crippen molar-refractivity contribution in [1.82, 2.24) is 4.90 Å². The average molecular weight is 306 g/mol. The van der Waals surface area contributed by atoms with Crippen LogP contribution in [0.25, 0.3) is 0 Å². The van der Waals surface area contributed by atoms with Gasteiger partial charge in [-0.2, -0.15) is 0 Å². The van der Waals surface area contributed by atoms with Crippen LogP contribution in [0.5, 0.6) is 0 Å². The molecule has 0 aromatic heterocycles. The lowest BCUT2D eigenvalue weighted by Crippen LogP contribution is -2.46. The number of nitrogens with zero attached hydrogens (tertiary/aromatic N) is 1. The molecule has 0 aliphatic heterocycles. The molecule has 0 aliphatic carbocycles. The predicted molar refractivity (Wildman–Crippen MR) is 94.0 cm³/mol. The van der Waals surface area contributed by atoms with E-state index in [0.29, 0.717) is 17.6 Å². The third-order valence-electron chi connectivity index (χ3n) is 3.91. The minimum absolute atomic E-state index is 0.0740. The van der Waals surface area contributed by atoms with Gasteiger partial charge in [0, 0.05) is 23.3 Å². The smallest absolute Gasteiger partial charge is 0.173 e. The summed E-state index contributed by atoms with van der Waals surface area (Å²) in [6.07, 6.45) is 2.10. The first-order chi connectivity index (χ1) is 9.90. The molecule has 2 atom stereocenters. The molecule has 0 saturated heterocycles. The number of Topliss-reactive ketones (excluding diaryl/α,β-unsaturated/α-hetero) is 1. The number of anilines is 1.